The van der Waals surface area contributed by atoms with Crippen LogP contribution in [0.15, 0.2) is 82.4 Å². The number of carbonyl (C=O) groups excluding carboxylic acids is 1. The molecule has 2 aliphatic rings. The Labute approximate surface area is 225 Å². The van der Waals surface area contributed by atoms with Crippen LogP contribution in [0.25, 0.3) is 11.5 Å². The summed E-state index contributed by atoms with van der Waals surface area (Å²) in [6.45, 7) is 0. The van der Waals surface area contributed by atoms with Crippen molar-refractivity contribution < 1.29 is 18.7 Å². The van der Waals surface area contributed by atoms with Crippen LogP contribution in [0.3, 0.4) is 0 Å². The number of fused-ring (bicyclic) bond motifs is 3. The summed E-state index contributed by atoms with van der Waals surface area (Å²) in [5, 5.41) is 16.2. The van der Waals surface area contributed by atoms with E-state index in [0.29, 0.717) is 23.3 Å². The fraction of sp³-hybridized carbons (Fsp3) is 0.276. The van der Waals surface area contributed by atoms with Crippen LogP contribution in [0.5, 0.6) is 5.75 Å². The molecule has 3 heterocycles. The Balaban J connectivity index is 1.26. The summed E-state index contributed by atoms with van der Waals surface area (Å²) in [4.78, 5) is 12.6. The number of hydrogen-bond donors (Lipinski definition) is 2. The van der Waals surface area contributed by atoms with Gasteiger partial charge in [-0.15, -0.1) is 10.2 Å². The van der Waals surface area contributed by atoms with Crippen LogP contribution in [-0.2, 0) is 15.3 Å². The van der Waals surface area contributed by atoms with Crippen LogP contribution in [0.2, 0.25) is 0 Å². The Hall–Kier alpha value is -3.82. The lowest BCUT2D eigenvalue weighted by molar-refractivity contribution is -0.144. The van der Waals surface area contributed by atoms with Crippen LogP contribution in [-0.4, -0.2) is 42.5 Å². The van der Waals surface area contributed by atoms with E-state index in [2.05, 4.69) is 51.2 Å². The minimum absolute atomic E-state index is 0.103. The van der Waals surface area contributed by atoms with Crippen molar-refractivity contribution >= 4 is 23.4 Å². The van der Waals surface area contributed by atoms with E-state index >= 15 is 0 Å². The standard InChI is InChI=1S/C29H28N4O4S/c1-35-24-13-12-18(14-19(24)16-38-29-33-32-27(37-29)17-8-4-3-5-9-17)25-26-21(15-23(31-25)28(34)36-2)20-10-6-7-11-22(20)30-26/h3-14,21,23,25-26,30-31H,15-16H2,1-2H3/t21-,23+,25+,26-/m1/s1. The highest BCUT2D eigenvalue weighted by Crippen LogP contribution is 2.46. The minimum Gasteiger partial charge on any atom is -0.496 e. The van der Waals surface area contributed by atoms with E-state index in [-0.39, 0.29) is 24.0 Å². The number of nitrogens with one attached hydrogen (secondary N) is 2. The Bertz CT molecular complexity index is 1440. The number of nitrogens with zero attached hydrogens (tertiary/aromatic N) is 2. The topological polar surface area (TPSA) is 98.5 Å². The molecule has 2 aliphatic heterocycles. The van der Waals surface area contributed by atoms with E-state index in [1.54, 1.807) is 7.11 Å². The van der Waals surface area contributed by atoms with Gasteiger partial charge in [0.15, 0.2) is 0 Å². The highest BCUT2D eigenvalue weighted by atomic mass is 32.2. The molecule has 9 heteroatoms. The SMILES string of the molecule is COC(=O)[C@@H]1C[C@@H]2c3ccccc3N[C@H]2[C@H](c2ccc(OC)c(CSc3nnc(-c4ccccc4)o3)c2)N1. The molecule has 194 valence electrons. The van der Waals surface area contributed by atoms with Crippen molar-refractivity contribution in [3.8, 4) is 17.2 Å². The second-order valence-corrected chi connectivity index (χ2v) is 10.3. The average Bonchev–Trinajstić information content (AvgIpc) is 3.60. The monoisotopic (exact) mass is 528 g/mol. The number of rotatable bonds is 7. The number of ether oxygens (including phenoxy) is 2. The second kappa shape index (κ2) is 10.5. The predicted octanol–water partition coefficient (Wildman–Crippen LogP) is 5.19. The first-order valence-corrected chi connectivity index (χ1v) is 13.5. The summed E-state index contributed by atoms with van der Waals surface area (Å²) in [7, 11) is 3.11. The number of carbonyl (C=O) groups is 1. The zero-order valence-electron chi connectivity index (χ0n) is 21.1. The number of para-hydroxylation sites is 1. The molecule has 0 spiro atoms. The number of piperidine rings is 1. The lowest BCUT2D eigenvalue weighted by atomic mass is 9.79. The van der Waals surface area contributed by atoms with E-state index < -0.39 is 6.04 Å². The van der Waals surface area contributed by atoms with Gasteiger partial charge in [-0.3, -0.25) is 10.1 Å². The van der Waals surface area contributed by atoms with Crippen LogP contribution in [0, 0.1) is 0 Å². The molecule has 38 heavy (non-hydrogen) atoms. The molecule has 0 unspecified atom stereocenters. The number of aromatic nitrogens is 2. The number of thioether (sulfide) groups is 1. The summed E-state index contributed by atoms with van der Waals surface area (Å²) in [6, 6.07) is 23.8. The molecule has 0 saturated carbocycles. The predicted molar refractivity (Wildman–Crippen MR) is 145 cm³/mol. The zero-order chi connectivity index (χ0) is 26.1. The van der Waals surface area contributed by atoms with Gasteiger partial charge in [-0.1, -0.05) is 54.2 Å². The fourth-order valence-corrected chi connectivity index (χ4v) is 6.22. The van der Waals surface area contributed by atoms with E-state index in [1.165, 1.54) is 24.4 Å². The maximum Gasteiger partial charge on any atom is 0.322 e. The molecule has 4 atom stereocenters. The number of methoxy groups -OCH3 is 2. The molecule has 4 aromatic rings. The molecule has 1 fully saturated rings. The highest BCUT2D eigenvalue weighted by Gasteiger charge is 2.45. The zero-order valence-corrected chi connectivity index (χ0v) is 21.9. The Morgan fingerprint density at radius 1 is 1.05 bits per heavy atom. The first-order chi connectivity index (χ1) is 18.6. The summed E-state index contributed by atoms with van der Waals surface area (Å²) in [5.74, 6) is 1.81. The van der Waals surface area contributed by atoms with E-state index in [0.717, 1.165) is 28.1 Å². The third-order valence-electron chi connectivity index (χ3n) is 7.27. The maximum atomic E-state index is 12.6. The number of anilines is 1. The lowest BCUT2D eigenvalue weighted by Gasteiger charge is -2.39. The fourth-order valence-electron chi connectivity index (χ4n) is 5.48. The van der Waals surface area contributed by atoms with Gasteiger partial charge in [-0.05, 0) is 47.9 Å². The molecule has 3 aromatic carbocycles. The molecule has 8 nitrogen and oxygen atoms in total. The number of esters is 1. The molecular weight excluding hydrogens is 500 g/mol. The van der Waals surface area contributed by atoms with E-state index in [9.17, 15) is 4.79 Å². The number of hydrogen-bond acceptors (Lipinski definition) is 9. The van der Waals surface area contributed by atoms with Gasteiger partial charge in [0.2, 0.25) is 5.89 Å². The first kappa shape index (κ1) is 24.5. The van der Waals surface area contributed by atoms with Gasteiger partial charge >= 0.3 is 5.97 Å². The van der Waals surface area contributed by atoms with Crippen molar-refractivity contribution in [2.45, 2.75) is 41.4 Å². The van der Waals surface area contributed by atoms with Gasteiger partial charge in [0.25, 0.3) is 5.22 Å². The van der Waals surface area contributed by atoms with Gasteiger partial charge in [0.05, 0.1) is 26.3 Å². The van der Waals surface area contributed by atoms with Crippen LogP contribution in [0.1, 0.15) is 35.1 Å². The first-order valence-electron chi connectivity index (χ1n) is 12.5. The molecule has 0 amide bonds. The normalized spacial score (nSPS) is 21.7. The highest BCUT2D eigenvalue weighted by molar-refractivity contribution is 7.98. The van der Waals surface area contributed by atoms with Crippen molar-refractivity contribution in [1.29, 1.82) is 0 Å². The van der Waals surface area contributed by atoms with Crippen LogP contribution < -0.4 is 15.4 Å². The summed E-state index contributed by atoms with van der Waals surface area (Å²) < 4.78 is 16.7. The van der Waals surface area contributed by atoms with Crippen LogP contribution in [0.4, 0.5) is 5.69 Å². The Morgan fingerprint density at radius 2 is 1.87 bits per heavy atom. The third kappa shape index (κ3) is 4.63. The lowest BCUT2D eigenvalue weighted by Crippen LogP contribution is -2.52. The molecule has 1 saturated heterocycles. The molecule has 0 aliphatic carbocycles. The minimum atomic E-state index is -0.395. The van der Waals surface area contributed by atoms with Gasteiger partial charge < -0.3 is 19.2 Å². The Kier molecular flexibility index (Phi) is 6.78. The van der Waals surface area contributed by atoms with Crippen molar-refractivity contribution in [2.75, 3.05) is 19.5 Å². The average molecular weight is 529 g/mol. The van der Waals surface area contributed by atoms with Gasteiger partial charge in [-0.25, -0.2) is 0 Å². The molecule has 0 radical (unpaired) electrons. The quantitative estimate of drug-likeness (QED) is 0.248. The molecule has 2 N–H and O–H groups in total. The van der Waals surface area contributed by atoms with Crippen LogP contribution >= 0.6 is 11.8 Å². The molecule has 1 aromatic heterocycles. The summed E-state index contributed by atoms with van der Waals surface area (Å²) >= 11 is 1.46. The largest absolute Gasteiger partial charge is 0.496 e. The van der Waals surface area contributed by atoms with Crippen molar-refractivity contribution in [3.05, 3.63) is 89.5 Å². The third-order valence-corrected chi connectivity index (χ3v) is 8.14. The summed E-state index contributed by atoms with van der Waals surface area (Å²) in [5.41, 5.74) is 5.32. The van der Waals surface area contributed by atoms with Crippen molar-refractivity contribution in [3.63, 3.8) is 0 Å². The van der Waals surface area contributed by atoms with Gasteiger partial charge in [-0.2, -0.15) is 0 Å². The van der Waals surface area contributed by atoms with Gasteiger partial charge in [0.1, 0.15) is 11.8 Å². The maximum absolute atomic E-state index is 12.6. The summed E-state index contributed by atoms with van der Waals surface area (Å²) in [6.07, 6.45) is 0.678. The second-order valence-electron chi connectivity index (χ2n) is 9.42. The van der Waals surface area contributed by atoms with Gasteiger partial charge in [0, 0.05) is 28.5 Å². The van der Waals surface area contributed by atoms with Crippen molar-refractivity contribution in [2.24, 2.45) is 0 Å². The molecule has 6 rings (SSSR count). The Morgan fingerprint density at radius 3 is 2.68 bits per heavy atom. The smallest absolute Gasteiger partial charge is 0.322 e. The molecular formula is C29H28N4O4S. The number of benzene rings is 3. The van der Waals surface area contributed by atoms with E-state index in [4.69, 9.17) is 13.9 Å². The van der Waals surface area contributed by atoms with E-state index in [1.807, 2.05) is 42.5 Å². The van der Waals surface area contributed by atoms with Crippen molar-refractivity contribution in [1.82, 2.24) is 15.5 Å². The molecule has 0 bridgehead atoms.